The Morgan fingerprint density at radius 1 is 1.36 bits per heavy atom. The fraction of sp³-hybridized carbons (Fsp3) is 0.875. The third kappa shape index (κ3) is 6.85. The molecule has 0 unspecified atom stereocenters. The van der Waals surface area contributed by atoms with Gasteiger partial charge in [-0.3, -0.25) is 4.79 Å². The Labute approximate surface area is 85.0 Å². The second-order valence-corrected chi connectivity index (χ2v) is 5.30. The number of amides is 1. The molecule has 6 heteroatoms. The summed E-state index contributed by atoms with van der Waals surface area (Å²) in [6, 6.07) is 0. The van der Waals surface area contributed by atoms with Crippen molar-refractivity contribution in [2.45, 2.75) is 19.8 Å². The molecule has 0 aromatic heterocycles. The van der Waals surface area contributed by atoms with Crippen molar-refractivity contribution in [1.29, 1.82) is 0 Å². The number of sulfone groups is 1. The van der Waals surface area contributed by atoms with Crippen LogP contribution in [0.25, 0.3) is 0 Å². The molecule has 84 valence electrons. The van der Waals surface area contributed by atoms with Gasteiger partial charge in [-0.15, -0.1) is 0 Å². The summed E-state index contributed by atoms with van der Waals surface area (Å²) in [6.07, 6.45) is 0.498. The minimum absolute atomic E-state index is 0.0424. The van der Waals surface area contributed by atoms with Gasteiger partial charge in [0, 0.05) is 13.0 Å². The van der Waals surface area contributed by atoms with Gasteiger partial charge < -0.3 is 11.1 Å². The number of carbonyl (C=O) groups is 1. The van der Waals surface area contributed by atoms with E-state index in [1.165, 1.54) is 0 Å². The molecular weight excluding hydrogens is 204 g/mol. The average Bonchev–Trinajstić information content (AvgIpc) is 2.13. The largest absolute Gasteiger partial charge is 0.356 e. The standard InChI is InChI=1S/C8H18N2O3S/c1-2-10-8(11)4-7-14(12,13)6-3-5-9/h2-7,9H2,1H3,(H,10,11). The summed E-state index contributed by atoms with van der Waals surface area (Å²) in [5, 5.41) is 2.55. The Morgan fingerprint density at radius 2 is 2.00 bits per heavy atom. The summed E-state index contributed by atoms with van der Waals surface area (Å²) >= 11 is 0. The number of hydrogen-bond acceptors (Lipinski definition) is 4. The highest BCUT2D eigenvalue weighted by Crippen LogP contribution is 1.96. The van der Waals surface area contributed by atoms with Gasteiger partial charge in [0.2, 0.25) is 5.91 Å². The molecule has 0 spiro atoms. The first kappa shape index (κ1) is 13.4. The molecule has 0 bridgehead atoms. The summed E-state index contributed by atoms with van der Waals surface area (Å²) in [5.74, 6) is -0.231. The van der Waals surface area contributed by atoms with E-state index in [1.807, 2.05) is 0 Å². The molecule has 0 rings (SSSR count). The normalized spacial score (nSPS) is 11.3. The van der Waals surface area contributed by atoms with Crippen LogP contribution >= 0.6 is 0 Å². The molecule has 0 radical (unpaired) electrons. The lowest BCUT2D eigenvalue weighted by Crippen LogP contribution is -2.26. The van der Waals surface area contributed by atoms with E-state index in [4.69, 9.17) is 5.73 Å². The highest BCUT2D eigenvalue weighted by molar-refractivity contribution is 7.91. The van der Waals surface area contributed by atoms with E-state index in [9.17, 15) is 13.2 Å². The van der Waals surface area contributed by atoms with Crippen molar-refractivity contribution in [1.82, 2.24) is 5.32 Å². The molecule has 3 N–H and O–H groups in total. The first-order chi connectivity index (χ1) is 6.52. The summed E-state index contributed by atoms with van der Waals surface area (Å²) in [7, 11) is -3.10. The summed E-state index contributed by atoms with van der Waals surface area (Å²) < 4.78 is 22.5. The van der Waals surface area contributed by atoms with E-state index < -0.39 is 9.84 Å². The van der Waals surface area contributed by atoms with Crippen LogP contribution < -0.4 is 11.1 Å². The summed E-state index contributed by atoms with van der Waals surface area (Å²) in [6.45, 7) is 2.68. The van der Waals surface area contributed by atoms with Crippen LogP contribution in [0.5, 0.6) is 0 Å². The monoisotopic (exact) mass is 222 g/mol. The maximum Gasteiger partial charge on any atom is 0.221 e. The van der Waals surface area contributed by atoms with Crippen molar-refractivity contribution < 1.29 is 13.2 Å². The maximum atomic E-state index is 11.3. The van der Waals surface area contributed by atoms with Crippen molar-refractivity contribution >= 4 is 15.7 Å². The van der Waals surface area contributed by atoms with Crippen LogP contribution in [0.4, 0.5) is 0 Å². The summed E-state index contributed by atoms with van der Waals surface area (Å²) in [5.41, 5.74) is 5.20. The first-order valence-electron chi connectivity index (χ1n) is 4.69. The second kappa shape index (κ2) is 6.78. The zero-order valence-electron chi connectivity index (χ0n) is 8.45. The third-order valence-corrected chi connectivity index (χ3v) is 3.41. The molecule has 0 fully saturated rings. The van der Waals surface area contributed by atoms with E-state index >= 15 is 0 Å². The first-order valence-corrected chi connectivity index (χ1v) is 6.51. The third-order valence-electron chi connectivity index (χ3n) is 1.67. The Kier molecular flexibility index (Phi) is 6.48. The molecule has 0 heterocycles. The molecule has 0 aromatic carbocycles. The van der Waals surface area contributed by atoms with Gasteiger partial charge in [0.05, 0.1) is 11.5 Å². The fourth-order valence-corrected chi connectivity index (χ4v) is 2.25. The predicted molar refractivity (Wildman–Crippen MR) is 55.6 cm³/mol. The predicted octanol–water partition coefficient (Wildman–Crippen LogP) is -0.724. The quantitative estimate of drug-likeness (QED) is 0.594. The van der Waals surface area contributed by atoms with Crippen LogP contribution in [0, 0.1) is 0 Å². The van der Waals surface area contributed by atoms with Gasteiger partial charge >= 0.3 is 0 Å². The van der Waals surface area contributed by atoms with Gasteiger partial charge in [-0.25, -0.2) is 8.42 Å². The van der Waals surface area contributed by atoms with Crippen molar-refractivity contribution in [3.8, 4) is 0 Å². The molecule has 0 aliphatic rings. The van der Waals surface area contributed by atoms with Crippen LogP contribution in [0.2, 0.25) is 0 Å². The van der Waals surface area contributed by atoms with Gasteiger partial charge in [-0.2, -0.15) is 0 Å². The Morgan fingerprint density at radius 3 is 2.50 bits per heavy atom. The zero-order chi connectivity index (χ0) is 11.0. The number of hydrogen-bond donors (Lipinski definition) is 2. The van der Waals surface area contributed by atoms with Crippen molar-refractivity contribution in [2.24, 2.45) is 5.73 Å². The smallest absolute Gasteiger partial charge is 0.221 e. The van der Waals surface area contributed by atoms with E-state index in [1.54, 1.807) is 6.92 Å². The Hall–Kier alpha value is -0.620. The van der Waals surface area contributed by atoms with Gasteiger partial charge in [-0.1, -0.05) is 0 Å². The fourth-order valence-electron chi connectivity index (χ4n) is 0.939. The van der Waals surface area contributed by atoms with E-state index in [2.05, 4.69) is 5.32 Å². The average molecular weight is 222 g/mol. The van der Waals surface area contributed by atoms with Crippen LogP contribution in [-0.2, 0) is 14.6 Å². The number of carbonyl (C=O) groups excluding carboxylic acids is 1. The van der Waals surface area contributed by atoms with E-state index in [0.29, 0.717) is 19.5 Å². The van der Waals surface area contributed by atoms with Crippen LogP contribution in [0.3, 0.4) is 0 Å². The molecule has 14 heavy (non-hydrogen) atoms. The van der Waals surface area contributed by atoms with Crippen molar-refractivity contribution in [2.75, 3.05) is 24.6 Å². The van der Waals surface area contributed by atoms with Crippen molar-refractivity contribution in [3.05, 3.63) is 0 Å². The second-order valence-electron chi connectivity index (χ2n) is 3.00. The lowest BCUT2D eigenvalue weighted by Gasteiger charge is -2.03. The molecule has 1 amide bonds. The van der Waals surface area contributed by atoms with Gasteiger partial charge in [0.25, 0.3) is 0 Å². The molecule has 5 nitrogen and oxygen atoms in total. The van der Waals surface area contributed by atoms with E-state index in [0.717, 1.165) is 0 Å². The van der Waals surface area contributed by atoms with E-state index in [-0.39, 0.29) is 23.8 Å². The Bertz CT molecular complexity index is 262. The van der Waals surface area contributed by atoms with Crippen LogP contribution in [0.1, 0.15) is 19.8 Å². The number of nitrogens with one attached hydrogen (secondary N) is 1. The minimum atomic E-state index is -3.10. The van der Waals surface area contributed by atoms with Crippen LogP contribution in [-0.4, -0.2) is 38.9 Å². The van der Waals surface area contributed by atoms with Gasteiger partial charge in [0.15, 0.2) is 9.84 Å². The molecule has 0 saturated carbocycles. The number of nitrogens with two attached hydrogens (primary N) is 1. The van der Waals surface area contributed by atoms with Gasteiger partial charge in [-0.05, 0) is 19.9 Å². The topological polar surface area (TPSA) is 89.3 Å². The zero-order valence-corrected chi connectivity index (χ0v) is 9.27. The molecule has 0 atom stereocenters. The highest BCUT2D eigenvalue weighted by atomic mass is 32.2. The molecule has 0 aromatic rings. The lowest BCUT2D eigenvalue weighted by molar-refractivity contribution is -0.120. The lowest BCUT2D eigenvalue weighted by atomic mass is 10.4. The Balaban J connectivity index is 3.81. The molecular formula is C8H18N2O3S. The summed E-state index contributed by atoms with van der Waals surface area (Å²) in [4.78, 5) is 11.0. The minimum Gasteiger partial charge on any atom is -0.356 e. The maximum absolute atomic E-state index is 11.3. The van der Waals surface area contributed by atoms with Crippen molar-refractivity contribution in [3.63, 3.8) is 0 Å². The molecule has 0 saturated heterocycles. The number of rotatable bonds is 7. The SMILES string of the molecule is CCNC(=O)CCS(=O)(=O)CCCN. The van der Waals surface area contributed by atoms with Crippen LogP contribution in [0.15, 0.2) is 0 Å². The van der Waals surface area contributed by atoms with Gasteiger partial charge in [0.1, 0.15) is 0 Å². The molecule has 0 aliphatic heterocycles. The highest BCUT2D eigenvalue weighted by Gasteiger charge is 2.12. The molecule has 0 aliphatic carbocycles.